The lowest BCUT2D eigenvalue weighted by Gasteiger charge is -2.22. The van der Waals surface area contributed by atoms with E-state index in [1.54, 1.807) is 20.8 Å². The van der Waals surface area contributed by atoms with Gasteiger partial charge in [0.15, 0.2) is 0 Å². The summed E-state index contributed by atoms with van der Waals surface area (Å²) in [6, 6.07) is -1.89. The fourth-order valence-electron chi connectivity index (χ4n) is 0.716. The molecule has 86 valence electrons. The summed E-state index contributed by atoms with van der Waals surface area (Å²) in [4.78, 5) is 32.5. The molecular formula is C9H15NO5. The number of carboxylic acid groups (broad SMARTS) is 2. The molecule has 0 rings (SSSR count). The number of carboxylic acids is 2. The van der Waals surface area contributed by atoms with Gasteiger partial charge in [-0.15, -0.1) is 0 Å². The van der Waals surface area contributed by atoms with E-state index in [0.29, 0.717) is 6.42 Å². The topological polar surface area (TPSA) is 104 Å². The van der Waals surface area contributed by atoms with E-state index in [-0.39, 0.29) is 0 Å². The first-order valence-electron chi connectivity index (χ1n) is 4.49. The Morgan fingerprint density at radius 2 is 1.60 bits per heavy atom. The summed E-state index contributed by atoms with van der Waals surface area (Å²) < 4.78 is 0. The van der Waals surface area contributed by atoms with Gasteiger partial charge in [-0.2, -0.15) is 0 Å². The molecule has 0 atom stereocenters. The zero-order valence-electron chi connectivity index (χ0n) is 8.90. The van der Waals surface area contributed by atoms with E-state index in [1.165, 1.54) is 0 Å². The minimum absolute atomic E-state index is 0.491. The SMILES string of the molecule is CCC(C)(C)C(=O)NC(C(=O)O)C(=O)O. The second-order valence-electron chi connectivity index (χ2n) is 3.82. The average Bonchev–Trinajstić information content (AvgIpc) is 2.12. The van der Waals surface area contributed by atoms with E-state index in [2.05, 4.69) is 0 Å². The molecule has 3 N–H and O–H groups in total. The standard InChI is InChI=1S/C9H15NO5/c1-4-9(2,3)8(15)10-5(6(11)12)7(13)14/h5H,4H2,1-3H3,(H,10,15)(H,11,12)(H,13,14). The summed E-state index contributed by atoms with van der Waals surface area (Å²) in [5, 5.41) is 19.0. The molecule has 0 bridgehead atoms. The van der Waals surface area contributed by atoms with E-state index in [4.69, 9.17) is 10.2 Å². The maximum Gasteiger partial charge on any atom is 0.338 e. The maximum absolute atomic E-state index is 11.5. The summed E-state index contributed by atoms with van der Waals surface area (Å²) >= 11 is 0. The molecule has 6 nitrogen and oxygen atoms in total. The number of aliphatic carboxylic acids is 2. The molecule has 0 fully saturated rings. The van der Waals surface area contributed by atoms with Crippen molar-refractivity contribution in [2.24, 2.45) is 5.41 Å². The number of carbonyl (C=O) groups excluding carboxylic acids is 1. The molecule has 0 aromatic carbocycles. The first-order valence-corrected chi connectivity index (χ1v) is 4.49. The summed E-state index contributed by atoms with van der Waals surface area (Å²) in [5.41, 5.74) is -0.775. The van der Waals surface area contributed by atoms with Gasteiger partial charge in [-0.1, -0.05) is 20.8 Å². The summed E-state index contributed by atoms with van der Waals surface area (Å²) in [7, 11) is 0. The van der Waals surface area contributed by atoms with Crippen LogP contribution in [0.2, 0.25) is 0 Å². The molecular weight excluding hydrogens is 202 g/mol. The van der Waals surface area contributed by atoms with Gasteiger partial charge >= 0.3 is 11.9 Å². The predicted octanol–water partition coefficient (Wildman–Crippen LogP) is 0.0766. The second-order valence-corrected chi connectivity index (χ2v) is 3.82. The number of amides is 1. The van der Waals surface area contributed by atoms with Gasteiger partial charge in [0.2, 0.25) is 11.9 Å². The molecule has 0 unspecified atom stereocenters. The molecule has 1 amide bonds. The highest BCUT2D eigenvalue weighted by Crippen LogP contribution is 2.19. The van der Waals surface area contributed by atoms with Crippen LogP contribution in [0.1, 0.15) is 27.2 Å². The molecule has 0 aromatic rings. The Labute approximate surface area is 87.3 Å². The molecule has 0 saturated heterocycles. The van der Waals surface area contributed by atoms with E-state index >= 15 is 0 Å². The number of nitrogens with one attached hydrogen (secondary N) is 1. The third-order valence-corrected chi connectivity index (χ3v) is 2.27. The Morgan fingerprint density at radius 3 is 1.87 bits per heavy atom. The molecule has 0 aliphatic rings. The monoisotopic (exact) mass is 217 g/mol. The largest absolute Gasteiger partial charge is 0.479 e. The predicted molar refractivity (Wildman–Crippen MR) is 51.3 cm³/mol. The van der Waals surface area contributed by atoms with Crippen LogP contribution in [0.3, 0.4) is 0 Å². The maximum atomic E-state index is 11.5. The van der Waals surface area contributed by atoms with E-state index in [9.17, 15) is 14.4 Å². The summed E-state index contributed by atoms with van der Waals surface area (Å²) in [6.45, 7) is 4.99. The Bertz CT molecular complexity index is 270. The fraction of sp³-hybridized carbons (Fsp3) is 0.667. The lowest BCUT2D eigenvalue weighted by atomic mass is 9.89. The Morgan fingerprint density at radius 1 is 1.20 bits per heavy atom. The zero-order valence-corrected chi connectivity index (χ0v) is 8.90. The van der Waals surface area contributed by atoms with Crippen molar-refractivity contribution < 1.29 is 24.6 Å². The highest BCUT2D eigenvalue weighted by molar-refractivity contribution is 6.01. The van der Waals surface area contributed by atoms with Crippen LogP contribution in [0.15, 0.2) is 0 Å². The van der Waals surface area contributed by atoms with E-state index < -0.39 is 29.3 Å². The lowest BCUT2D eigenvalue weighted by molar-refractivity contribution is -0.154. The fourth-order valence-corrected chi connectivity index (χ4v) is 0.716. The van der Waals surface area contributed by atoms with Gasteiger partial charge in [-0.05, 0) is 6.42 Å². The molecule has 0 radical (unpaired) electrons. The van der Waals surface area contributed by atoms with Gasteiger partial charge in [0.1, 0.15) is 0 Å². The van der Waals surface area contributed by atoms with Crippen molar-refractivity contribution in [1.82, 2.24) is 5.32 Å². The van der Waals surface area contributed by atoms with Crippen LogP contribution in [0.4, 0.5) is 0 Å². The highest BCUT2D eigenvalue weighted by atomic mass is 16.4. The third-order valence-electron chi connectivity index (χ3n) is 2.27. The summed E-state index contributed by atoms with van der Waals surface area (Å²) in [5.74, 6) is -3.75. The third kappa shape index (κ3) is 3.57. The van der Waals surface area contributed by atoms with E-state index in [0.717, 1.165) is 0 Å². The first kappa shape index (κ1) is 13.4. The number of hydrogen-bond donors (Lipinski definition) is 3. The van der Waals surface area contributed by atoms with Crippen molar-refractivity contribution in [3.63, 3.8) is 0 Å². The van der Waals surface area contributed by atoms with E-state index in [1.807, 2.05) is 5.32 Å². The molecule has 0 aromatic heterocycles. The van der Waals surface area contributed by atoms with Crippen molar-refractivity contribution in [2.75, 3.05) is 0 Å². The molecule has 0 heterocycles. The smallest absolute Gasteiger partial charge is 0.338 e. The minimum Gasteiger partial charge on any atom is -0.479 e. The molecule has 0 aliphatic carbocycles. The van der Waals surface area contributed by atoms with Crippen LogP contribution in [0.25, 0.3) is 0 Å². The molecule has 0 aliphatic heterocycles. The number of rotatable bonds is 5. The Balaban J connectivity index is 4.64. The average molecular weight is 217 g/mol. The first-order chi connectivity index (χ1) is 6.72. The quantitative estimate of drug-likeness (QED) is 0.565. The molecule has 0 spiro atoms. The molecule has 6 heteroatoms. The zero-order chi connectivity index (χ0) is 12.2. The van der Waals surface area contributed by atoms with Gasteiger partial charge in [-0.25, -0.2) is 9.59 Å². The Hall–Kier alpha value is -1.59. The second kappa shape index (κ2) is 4.77. The highest BCUT2D eigenvalue weighted by Gasteiger charge is 2.33. The van der Waals surface area contributed by atoms with Crippen molar-refractivity contribution >= 4 is 17.8 Å². The molecule has 15 heavy (non-hydrogen) atoms. The Kier molecular flexibility index (Phi) is 4.26. The van der Waals surface area contributed by atoms with Gasteiger partial charge < -0.3 is 15.5 Å². The number of hydrogen-bond acceptors (Lipinski definition) is 3. The van der Waals surface area contributed by atoms with Crippen molar-refractivity contribution in [3.8, 4) is 0 Å². The van der Waals surface area contributed by atoms with Crippen molar-refractivity contribution in [2.45, 2.75) is 33.2 Å². The normalized spacial score (nSPS) is 11.2. The van der Waals surface area contributed by atoms with Gasteiger partial charge in [-0.3, -0.25) is 4.79 Å². The van der Waals surface area contributed by atoms with Crippen LogP contribution in [0.5, 0.6) is 0 Å². The van der Waals surface area contributed by atoms with Crippen LogP contribution >= 0.6 is 0 Å². The van der Waals surface area contributed by atoms with Gasteiger partial charge in [0, 0.05) is 5.41 Å². The lowest BCUT2D eigenvalue weighted by Crippen LogP contribution is -2.50. The van der Waals surface area contributed by atoms with Gasteiger partial charge in [0.05, 0.1) is 0 Å². The summed E-state index contributed by atoms with van der Waals surface area (Å²) in [6.07, 6.45) is 0.491. The van der Waals surface area contributed by atoms with Crippen LogP contribution < -0.4 is 5.32 Å². The van der Waals surface area contributed by atoms with Crippen LogP contribution in [-0.4, -0.2) is 34.1 Å². The van der Waals surface area contributed by atoms with Crippen molar-refractivity contribution in [1.29, 1.82) is 0 Å². The minimum atomic E-state index is -1.89. The van der Waals surface area contributed by atoms with Gasteiger partial charge in [0.25, 0.3) is 0 Å². The van der Waals surface area contributed by atoms with Crippen LogP contribution in [-0.2, 0) is 14.4 Å². The molecule has 0 saturated carbocycles. The number of carbonyl (C=O) groups is 3. The van der Waals surface area contributed by atoms with Crippen molar-refractivity contribution in [3.05, 3.63) is 0 Å². The van der Waals surface area contributed by atoms with Crippen LogP contribution in [0, 0.1) is 5.41 Å².